The van der Waals surface area contributed by atoms with Crippen LogP contribution in [-0.4, -0.2) is 6.04 Å². The lowest BCUT2D eigenvalue weighted by atomic mass is 9.83. The lowest BCUT2D eigenvalue weighted by Crippen LogP contribution is -2.13. The molecule has 14 heavy (non-hydrogen) atoms. The molecule has 0 aliphatic heterocycles. The molecule has 0 bridgehead atoms. The molecular weight excluding hydrogens is 172 g/mol. The Morgan fingerprint density at radius 3 is 1.93 bits per heavy atom. The molecule has 0 aromatic heterocycles. The highest BCUT2D eigenvalue weighted by Crippen LogP contribution is 2.41. The minimum atomic E-state index is 0. The summed E-state index contributed by atoms with van der Waals surface area (Å²) in [7, 11) is 0. The zero-order valence-corrected chi connectivity index (χ0v) is 10.8. The van der Waals surface area contributed by atoms with Gasteiger partial charge in [0.15, 0.2) is 0 Å². The smallest absolute Gasteiger partial charge is 0.000781 e. The standard InChI is InChI=1S/C8H16.C4H11N.H3N/c1-7-5-4-6-8(7,2)3;1-3-4(2)5;/h7H,4-6H2,1-3H3;4H,3,5H2,1-2H3;1H3. The summed E-state index contributed by atoms with van der Waals surface area (Å²) in [6.45, 7) is 11.2. The normalized spacial score (nSPS) is 25.7. The van der Waals surface area contributed by atoms with E-state index < -0.39 is 0 Å². The van der Waals surface area contributed by atoms with E-state index >= 15 is 0 Å². The van der Waals surface area contributed by atoms with Gasteiger partial charge in [-0.25, -0.2) is 0 Å². The zero-order valence-electron chi connectivity index (χ0n) is 10.8. The van der Waals surface area contributed by atoms with Gasteiger partial charge in [-0.1, -0.05) is 40.5 Å². The van der Waals surface area contributed by atoms with Crippen LogP contribution in [0.5, 0.6) is 0 Å². The molecule has 1 rings (SSSR count). The van der Waals surface area contributed by atoms with Crippen LogP contribution in [0, 0.1) is 11.3 Å². The van der Waals surface area contributed by atoms with Crippen molar-refractivity contribution in [1.29, 1.82) is 0 Å². The van der Waals surface area contributed by atoms with Crippen LogP contribution in [0.25, 0.3) is 0 Å². The molecule has 0 spiro atoms. The first kappa shape index (κ1) is 16.4. The van der Waals surface area contributed by atoms with E-state index in [1.165, 1.54) is 19.3 Å². The average molecular weight is 202 g/mol. The third-order valence-corrected chi connectivity index (χ3v) is 3.44. The van der Waals surface area contributed by atoms with E-state index in [4.69, 9.17) is 5.73 Å². The Hall–Kier alpha value is -0.0800. The van der Waals surface area contributed by atoms with Crippen molar-refractivity contribution < 1.29 is 0 Å². The molecule has 2 unspecified atom stereocenters. The summed E-state index contributed by atoms with van der Waals surface area (Å²) < 4.78 is 0. The number of hydrogen-bond acceptors (Lipinski definition) is 2. The summed E-state index contributed by atoms with van der Waals surface area (Å²) in [5.41, 5.74) is 5.94. The van der Waals surface area contributed by atoms with E-state index in [1.807, 2.05) is 6.92 Å². The van der Waals surface area contributed by atoms with Crippen molar-refractivity contribution >= 4 is 0 Å². The Balaban J connectivity index is 0. The average Bonchev–Trinajstić information content (AvgIpc) is 2.32. The maximum atomic E-state index is 5.29. The molecule has 0 amide bonds. The molecular formula is C12H30N2. The first-order valence-electron chi connectivity index (χ1n) is 5.65. The van der Waals surface area contributed by atoms with Crippen molar-refractivity contribution in [1.82, 2.24) is 6.15 Å². The third kappa shape index (κ3) is 6.39. The van der Waals surface area contributed by atoms with Gasteiger partial charge in [-0.2, -0.15) is 0 Å². The summed E-state index contributed by atoms with van der Waals surface area (Å²) in [6.07, 6.45) is 5.43. The van der Waals surface area contributed by atoms with Crippen LogP contribution in [0.4, 0.5) is 0 Å². The minimum absolute atomic E-state index is 0. The topological polar surface area (TPSA) is 61.0 Å². The monoisotopic (exact) mass is 202 g/mol. The predicted molar refractivity (Wildman–Crippen MR) is 65.8 cm³/mol. The van der Waals surface area contributed by atoms with Crippen LogP contribution in [0.15, 0.2) is 0 Å². The molecule has 1 fully saturated rings. The molecule has 0 aromatic carbocycles. The second-order valence-corrected chi connectivity index (χ2v) is 5.17. The number of nitrogens with two attached hydrogens (primary N) is 1. The number of rotatable bonds is 1. The first-order valence-corrected chi connectivity index (χ1v) is 5.65. The van der Waals surface area contributed by atoms with Crippen molar-refractivity contribution in [3.8, 4) is 0 Å². The fourth-order valence-corrected chi connectivity index (χ4v) is 1.50. The van der Waals surface area contributed by atoms with Gasteiger partial charge in [0.1, 0.15) is 0 Å². The van der Waals surface area contributed by atoms with Crippen molar-refractivity contribution in [3.63, 3.8) is 0 Å². The Kier molecular flexibility index (Phi) is 8.46. The predicted octanol–water partition coefficient (Wildman–Crippen LogP) is 3.74. The van der Waals surface area contributed by atoms with Crippen molar-refractivity contribution in [2.75, 3.05) is 0 Å². The van der Waals surface area contributed by atoms with Crippen LogP contribution in [0.1, 0.15) is 60.3 Å². The SMILES string of the molecule is CC1CCCC1(C)C.CCC(C)N.N. The Morgan fingerprint density at radius 2 is 1.86 bits per heavy atom. The maximum absolute atomic E-state index is 5.29. The van der Waals surface area contributed by atoms with E-state index in [-0.39, 0.29) is 6.15 Å². The second-order valence-electron chi connectivity index (χ2n) is 5.17. The van der Waals surface area contributed by atoms with Gasteiger partial charge in [-0.05, 0) is 31.1 Å². The first-order chi connectivity index (χ1) is 5.90. The Labute approximate surface area is 90.2 Å². The van der Waals surface area contributed by atoms with Gasteiger partial charge in [-0.3, -0.25) is 0 Å². The fourth-order valence-electron chi connectivity index (χ4n) is 1.50. The van der Waals surface area contributed by atoms with Crippen molar-refractivity contribution in [2.45, 2.75) is 66.3 Å². The van der Waals surface area contributed by atoms with Crippen LogP contribution in [0.2, 0.25) is 0 Å². The highest BCUT2D eigenvalue weighted by atomic mass is 14.6. The molecule has 5 N–H and O–H groups in total. The molecule has 0 aromatic rings. The van der Waals surface area contributed by atoms with E-state index in [0.717, 1.165) is 12.3 Å². The summed E-state index contributed by atoms with van der Waals surface area (Å²) in [4.78, 5) is 0. The maximum Gasteiger partial charge on any atom is 0.000781 e. The van der Waals surface area contributed by atoms with Gasteiger partial charge < -0.3 is 11.9 Å². The second kappa shape index (κ2) is 7.24. The summed E-state index contributed by atoms with van der Waals surface area (Å²) >= 11 is 0. The van der Waals surface area contributed by atoms with E-state index in [0.29, 0.717) is 11.5 Å². The Morgan fingerprint density at radius 1 is 1.43 bits per heavy atom. The fraction of sp³-hybridized carbons (Fsp3) is 1.00. The lowest BCUT2D eigenvalue weighted by Gasteiger charge is -2.22. The largest absolute Gasteiger partial charge is 0.344 e. The Bertz CT molecular complexity index is 130. The van der Waals surface area contributed by atoms with Crippen molar-refractivity contribution in [3.05, 3.63) is 0 Å². The molecule has 2 nitrogen and oxygen atoms in total. The van der Waals surface area contributed by atoms with Crippen LogP contribution in [0.3, 0.4) is 0 Å². The zero-order chi connectivity index (χ0) is 10.5. The minimum Gasteiger partial charge on any atom is -0.344 e. The molecule has 0 radical (unpaired) electrons. The summed E-state index contributed by atoms with van der Waals surface area (Å²) in [5.74, 6) is 0.961. The van der Waals surface area contributed by atoms with Crippen LogP contribution >= 0.6 is 0 Å². The van der Waals surface area contributed by atoms with Crippen molar-refractivity contribution in [2.24, 2.45) is 17.1 Å². The quantitative estimate of drug-likeness (QED) is 0.680. The highest BCUT2D eigenvalue weighted by Gasteiger charge is 2.30. The lowest BCUT2D eigenvalue weighted by molar-refractivity contribution is 0.281. The summed E-state index contributed by atoms with van der Waals surface area (Å²) in [6, 6.07) is 0.384. The molecule has 2 atom stereocenters. The third-order valence-electron chi connectivity index (χ3n) is 3.44. The van der Waals surface area contributed by atoms with Crippen LogP contribution < -0.4 is 11.9 Å². The van der Waals surface area contributed by atoms with Gasteiger partial charge >= 0.3 is 0 Å². The van der Waals surface area contributed by atoms with E-state index in [2.05, 4.69) is 27.7 Å². The van der Waals surface area contributed by atoms with Gasteiger partial charge in [0.2, 0.25) is 0 Å². The highest BCUT2D eigenvalue weighted by molar-refractivity contribution is 4.81. The number of hydrogen-bond donors (Lipinski definition) is 2. The molecule has 1 saturated carbocycles. The molecule has 0 heterocycles. The van der Waals surface area contributed by atoms with Crippen LogP contribution in [-0.2, 0) is 0 Å². The van der Waals surface area contributed by atoms with Gasteiger partial charge in [-0.15, -0.1) is 0 Å². The molecule has 0 saturated heterocycles. The molecule has 1 aliphatic rings. The van der Waals surface area contributed by atoms with E-state index in [9.17, 15) is 0 Å². The van der Waals surface area contributed by atoms with Gasteiger partial charge in [0.25, 0.3) is 0 Å². The van der Waals surface area contributed by atoms with Gasteiger partial charge in [0.05, 0.1) is 0 Å². The summed E-state index contributed by atoms with van der Waals surface area (Å²) in [5, 5.41) is 0. The molecule has 88 valence electrons. The van der Waals surface area contributed by atoms with Gasteiger partial charge in [0, 0.05) is 6.04 Å². The molecule has 2 heteroatoms. The van der Waals surface area contributed by atoms with E-state index in [1.54, 1.807) is 0 Å². The molecule has 1 aliphatic carbocycles.